The molecule has 126 valence electrons. The van der Waals surface area contributed by atoms with Gasteiger partial charge in [-0.3, -0.25) is 14.4 Å². The molecule has 1 aliphatic rings. The van der Waals surface area contributed by atoms with Crippen LogP contribution in [0.1, 0.15) is 41.8 Å². The molecule has 1 aromatic heterocycles. The minimum Gasteiger partial charge on any atom is -0.394 e. The summed E-state index contributed by atoms with van der Waals surface area (Å²) in [6.07, 6.45) is 5.78. The van der Waals surface area contributed by atoms with Crippen molar-refractivity contribution in [2.24, 2.45) is 5.92 Å². The summed E-state index contributed by atoms with van der Waals surface area (Å²) in [5, 5.41) is 16.1. The Labute approximate surface area is 139 Å². The van der Waals surface area contributed by atoms with Crippen molar-refractivity contribution >= 4 is 28.9 Å². The largest absolute Gasteiger partial charge is 0.394 e. The highest BCUT2D eigenvalue weighted by atomic mass is 32.1. The Bertz CT molecular complexity index is 538. The van der Waals surface area contributed by atoms with Gasteiger partial charge in [0.15, 0.2) is 0 Å². The van der Waals surface area contributed by atoms with E-state index in [2.05, 4.69) is 10.6 Å². The molecule has 1 aromatic rings. The molecule has 1 atom stereocenters. The van der Waals surface area contributed by atoms with Gasteiger partial charge in [-0.25, -0.2) is 0 Å². The zero-order valence-electron chi connectivity index (χ0n) is 12.9. The second kappa shape index (κ2) is 8.79. The first kappa shape index (κ1) is 17.6. The normalized spacial score (nSPS) is 16.6. The summed E-state index contributed by atoms with van der Waals surface area (Å²) in [4.78, 5) is 36.1. The van der Waals surface area contributed by atoms with Crippen LogP contribution in [0.4, 0.5) is 0 Å². The van der Waals surface area contributed by atoms with E-state index in [1.54, 1.807) is 17.5 Å². The Morgan fingerprint density at radius 3 is 2.61 bits per heavy atom. The Morgan fingerprint density at radius 2 is 2.00 bits per heavy atom. The van der Waals surface area contributed by atoms with Crippen LogP contribution in [0.15, 0.2) is 17.5 Å². The number of rotatable bonds is 7. The maximum Gasteiger partial charge on any atom is 0.293 e. The number of hydrogen-bond acceptors (Lipinski definition) is 5. The second-order valence-corrected chi connectivity index (χ2v) is 6.71. The van der Waals surface area contributed by atoms with Crippen LogP contribution in [0.5, 0.6) is 0 Å². The molecule has 0 spiro atoms. The third-order valence-corrected chi connectivity index (χ3v) is 4.91. The van der Waals surface area contributed by atoms with Crippen LogP contribution in [0.25, 0.3) is 0 Å². The molecule has 1 fully saturated rings. The second-order valence-electron chi connectivity index (χ2n) is 5.76. The minimum atomic E-state index is -1.10. The molecule has 0 bridgehead atoms. The number of aliphatic hydroxyl groups excluding tert-OH is 1. The van der Waals surface area contributed by atoms with E-state index in [0.717, 1.165) is 24.2 Å². The lowest BCUT2D eigenvalue weighted by Crippen LogP contribution is -2.51. The van der Waals surface area contributed by atoms with Gasteiger partial charge in [-0.05, 0) is 30.2 Å². The number of ketones is 1. The van der Waals surface area contributed by atoms with E-state index in [-0.39, 0.29) is 0 Å². The van der Waals surface area contributed by atoms with E-state index in [9.17, 15) is 19.5 Å². The van der Waals surface area contributed by atoms with Gasteiger partial charge < -0.3 is 15.7 Å². The average Bonchev–Trinajstić information content (AvgIpc) is 3.12. The number of Topliss-reactive ketones (excluding diaryl/α,β-unsaturated/α-hetero) is 1. The summed E-state index contributed by atoms with van der Waals surface area (Å²) < 4.78 is 0. The zero-order valence-corrected chi connectivity index (χ0v) is 13.7. The van der Waals surface area contributed by atoms with Gasteiger partial charge in [0.2, 0.25) is 5.91 Å². The molecule has 1 aliphatic carbocycles. The topological polar surface area (TPSA) is 95.5 Å². The highest BCUT2D eigenvalue weighted by Gasteiger charge is 2.25. The Morgan fingerprint density at radius 1 is 1.26 bits per heavy atom. The van der Waals surface area contributed by atoms with Gasteiger partial charge in [0, 0.05) is 6.54 Å². The van der Waals surface area contributed by atoms with E-state index >= 15 is 0 Å². The lowest BCUT2D eigenvalue weighted by Gasteiger charge is -2.23. The van der Waals surface area contributed by atoms with Crippen LogP contribution in [0.3, 0.4) is 0 Å². The molecular weight excluding hydrogens is 316 g/mol. The number of hydrogen-bond donors (Lipinski definition) is 3. The van der Waals surface area contributed by atoms with Crippen LogP contribution in [-0.4, -0.2) is 41.9 Å². The lowest BCUT2D eigenvalue weighted by molar-refractivity contribution is -0.128. The van der Waals surface area contributed by atoms with Crippen molar-refractivity contribution in [3.05, 3.63) is 22.4 Å². The molecule has 2 rings (SSSR count). The molecule has 0 aliphatic heterocycles. The summed E-state index contributed by atoms with van der Waals surface area (Å²) in [6.45, 7) is 0.00400. The summed E-state index contributed by atoms with van der Waals surface area (Å²) in [5.74, 6) is -1.57. The molecule has 23 heavy (non-hydrogen) atoms. The van der Waals surface area contributed by atoms with E-state index in [0.29, 0.717) is 17.3 Å². The molecule has 2 amide bonds. The molecule has 7 heteroatoms. The SMILES string of the molecule is O=C(NC(CO)C(=O)NCC1CCCCC1)C(=O)c1cccs1. The summed E-state index contributed by atoms with van der Waals surface area (Å²) in [7, 11) is 0. The summed E-state index contributed by atoms with van der Waals surface area (Å²) in [5.41, 5.74) is 0. The molecule has 1 unspecified atom stereocenters. The van der Waals surface area contributed by atoms with Crippen molar-refractivity contribution in [3.63, 3.8) is 0 Å². The first-order chi connectivity index (χ1) is 11.1. The Kier molecular flexibility index (Phi) is 6.73. The number of aliphatic hydroxyl groups is 1. The molecule has 0 aromatic carbocycles. The fraction of sp³-hybridized carbons (Fsp3) is 0.562. The van der Waals surface area contributed by atoms with Crippen LogP contribution >= 0.6 is 11.3 Å². The molecule has 0 saturated heterocycles. The van der Waals surface area contributed by atoms with E-state index in [1.807, 2.05) is 0 Å². The number of thiophene rings is 1. The monoisotopic (exact) mass is 338 g/mol. The zero-order chi connectivity index (χ0) is 16.7. The van der Waals surface area contributed by atoms with Crippen molar-refractivity contribution in [1.82, 2.24) is 10.6 Å². The van der Waals surface area contributed by atoms with Gasteiger partial charge in [-0.15, -0.1) is 11.3 Å². The van der Waals surface area contributed by atoms with Crippen molar-refractivity contribution in [1.29, 1.82) is 0 Å². The van der Waals surface area contributed by atoms with Crippen molar-refractivity contribution < 1.29 is 19.5 Å². The number of nitrogens with one attached hydrogen (secondary N) is 2. The maximum absolute atomic E-state index is 12.1. The van der Waals surface area contributed by atoms with Gasteiger partial charge >= 0.3 is 0 Å². The van der Waals surface area contributed by atoms with Gasteiger partial charge in [-0.1, -0.05) is 25.3 Å². The van der Waals surface area contributed by atoms with Gasteiger partial charge in [0.1, 0.15) is 6.04 Å². The number of carbonyl (C=O) groups is 3. The van der Waals surface area contributed by atoms with Crippen LogP contribution < -0.4 is 10.6 Å². The molecular formula is C16H22N2O4S. The molecule has 1 heterocycles. The van der Waals surface area contributed by atoms with E-state index in [1.165, 1.54) is 19.3 Å². The first-order valence-corrected chi connectivity index (χ1v) is 8.77. The average molecular weight is 338 g/mol. The van der Waals surface area contributed by atoms with Crippen LogP contribution in [0, 0.1) is 5.92 Å². The third-order valence-electron chi connectivity index (χ3n) is 4.05. The van der Waals surface area contributed by atoms with Crippen molar-refractivity contribution in [2.75, 3.05) is 13.2 Å². The number of carbonyl (C=O) groups excluding carboxylic acids is 3. The highest BCUT2D eigenvalue weighted by molar-refractivity contribution is 7.13. The highest BCUT2D eigenvalue weighted by Crippen LogP contribution is 2.22. The molecule has 6 nitrogen and oxygen atoms in total. The van der Waals surface area contributed by atoms with Crippen LogP contribution in [0.2, 0.25) is 0 Å². The standard InChI is InChI=1S/C16H22N2O4S/c19-10-12(15(21)17-9-11-5-2-1-3-6-11)18-16(22)14(20)13-7-4-8-23-13/h4,7-8,11-12,19H,1-3,5-6,9-10H2,(H,17,21)(H,18,22). The Hall–Kier alpha value is -1.73. The van der Waals surface area contributed by atoms with Gasteiger partial charge in [0.05, 0.1) is 11.5 Å². The quantitative estimate of drug-likeness (QED) is 0.512. The summed E-state index contributed by atoms with van der Waals surface area (Å²) >= 11 is 1.16. The Balaban J connectivity index is 1.82. The fourth-order valence-electron chi connectivity index (χ4n) is 2.70. The van der Waals surface area contributed by atoms with Crippen molar-refractivity contribution in [3.8, 4) is 0 Å². The minimum absolute atomic E-state index is 0.307. The van der Waals surface area contributed by atoms with E-state index in [4.69, 9.17) is 0 Å². The predicted octanol–water partition coefficient (Wildman–Crippen LogP) is 1.10. The van der Waals surface area contributed by atoms with Crippen LogP contribution in [-0.2, 0) is 9.59 Å². The third kappa shape index (κ3) is 5.14. The van der Waals surface area contributed by atoms with Gasteiger partial charge in [0.25, 0.3) is 11.7 Å². The molecule has 1 saturated carbocycles. The number of amides is 2. The van der Waals surface area contributed by atoms with Gasteiger partial charge in [-0.2, -0.15) is 0 Å². The first-order valence-electron chi connectivity index (χ1n) is 7.89. The molecule has 3 N–H and O–H groups in total. The predicted molar refractivity (Wildman–Crippen MR) is 87.3 cm³/mol. The molecule has 0 radical (unpaired) electrons. The fourth-order valence-corrected chi connectivity index (χ4v) is 3.36. The summed E-state index contributed by atoms with van der Waals surface area (Å²) in [6, 6.07) is 2.12. The lowest BCUT2D eigenvalue weighted by atomic mass is 9.89. The van der Waals surface area contributed by atoms with Crippen molar-refractivity contribution in [2.45, 2.75) is 38.1 Å². The smallest absolute Gasteiger partial charge is 0.293 e. The van der Waals surface area contributed by atoms with E-state index < -0.39 is 30.2 Å². The maximum atomic E-state index is 12.1.